The predicted molar refractivity (Wildman–Crippen MR) is 48.2 cm³/mol. The minimum atomic E-state index is -0.921. The molecule has 1 N–H and O–H groups in total. The van der Waals surface area contributed by atoms with Crippen LogP contribution in [-0.4, -0.2) is 24.2 Å². The molecule has 68 valence electrons. The Morgan fingerprint density at radius 2 is 2.23 bits per heavy atom. The van der Waals surface area contributed by atoms with Crippen molar-refractivity contribution in [1.82, 2.24) is 5.01 Å². The van der Waals surface area contributed by atoms with Crippen LogP contribution in [0.25, 0.3) is 5.84 Å². The van der Waals surface area contributed by atoms with E-state index in [1.54, 1.807) is 12.1 Å². The number of carbonyl (C=O) groups is 2. The van der Waals surface area contributed by atoms with E-state index >= 15 is 0 Å². The van der Waals surface area contributed by atoms with Gasteiger partial charge in [-0.2, -0.15) is 0 Å². The van der Waals surface area contributed by atoms with Crippen molar-refractivity contribution in [3.63, 3.8) is 0 Å². The van der Waals surface area contributed by atoms with Crippen molar-refractivity contribution < 1.29 is 11.0 Å². The zero-order valence-electron chi connectivity index (χ0n) is 8.07. The Kier molecular flexibility index (Phi) is 2.33. The van der Waals surface area contributed by atoms with E-state index in [4.69, 9.17) is 7.21 Å². The molecule has 0 aromatic heterocycles. The summed E-state index contributed by atoms with van der Waals surface area (Å²) in [6, 6.07) is 5.98. The second-order valence-electron chi connectivity index (χ2n) is 2.51. The van der Waals surface area contributed by atoms with Crippen LogP contribution in [0.2, 0.25) is 0 Å². The van der Waals surface area contributed by atoms with Crippen LogP contribution in [0, 0.1) is 0 Å². The number of benzene rings is 1. The molecular formula is C9H9N2O2-. The summed E-state index contributed by atoms with van der Waals surface area (Å²) in [4.78, 5) is 22.2. The van der Waals surface area contributed by atoms with Crippen molar-refractivity contribution in [2.45, 2.75) is 0 Å². The molecule has 1 aromatic carbocycles. The fraction of sp³-hybridized carbons (Fsp3) is 0.111. The van der Waals surface area contributed by atoms with Gasteiger partial charge < -0.3 is 10.9 Å². The highest BCUT2D eigenvalue weighted by Crippen LogP contribution is 2.08. The molecule has 0 radical (unpaired) electrons. The Bertz CT molecular complexity index is 377. The van der Waals surface area contributed by atoms with Gasteiger partial charge in [0, 0.05) is 11.1 Å². The van der Waals surface area contributed by atoms with E-state index in [1.165, 1.54) is 19.2 Å². The maximum atomic E-state index is 11.4. The highest BCUT2D eigenvalue weighted by molar-refractivity contribution is 6.01. The molecule has 0 atom stereocenters. The molecule has 1 aromatic rings. The highest BCUT2D eigenvalue weighted by Gasteiger charge is 2.08. The molecule has 0 heterocycles. The summed E-state index contributed by atoms with van der Waals surface area (Å²) in [7, 11) is 1.27. The number of hydrogen-bond acceptors (Lipinski definition) is 2. The quantitative estimate of drug-likeness (QED) is 0.510. The summed E-state index contributed by atoms with van der Waals surface area (Å²) in [6.07, 6.45) is -0.921. The fourth-order valence-electron chi connectivity index (χ4n) is 0.939. The first-order valence-corrected chi connectivity index (χ1v) is 3.63. The van der Waals surface area contributed by atoms with Crippen molar-refractivity contribution in [2.75, 3.05) is 7.05 Å². The minimum absolute atomic E-state index is 0.0246. The van der Waals surface area contributed by atoms with Crippen molar-refractivity contribution in [3.8, 4) is 0 Å². The number of rotatable bonds is 2. The van der Waals surface area contributed by atoms with E-state index in [-0.39, 0.29) is 11.1 Å². The Morgan fingerprint density at radius 1 is 1.62 bits per heavy atom. The lowest BCUT2D eigenvalue weighted by atomic mass is 10.1. The van der Waals surface area contributed by atoms with Gasteiger partial charge in [0.25, 0.3) is 0 Å². The fourth-order valence-corrected chi connectivity index (χ4v) is 0.939. The van der Waals surface area contributed by atoms with Crippen LogP contribution >= 0.6 is 0 Å². The predicted octanol–water partition coefficient (Wildman–Crippen LogP) is 1.54. The van der Waals surface area contributed by atoms with Gasteiger partial charge in [-0.05, 0) is 13.1 Å². The first kappa shape index (κ1) is 7.94. The van der Waals surface area contributed by atoms with Crippen LogP contribution in [0.5, 0.6) is 0 Å². The molecule has 0 unspecified atom stereocenters. The summed E-state index contributed by atoms with van der Waals surface area (Å²) in [5, 5.41) is 0.627. The number of hydrogen-bond donors (Lipinski definition) is 0. The number of aldehydes is 1. The van der Waals surface area contributed by atoms with E-state index in [9.17, 15) is 9.59 Å². The lowest BCUT2D eigenvalue weighted by molar-refractivity contribution is 0.0846. The van der Waals surface area contributed by atoms with Gasteiger partial charge in [0.05, 0.1) is 0 Å². The third-order valence-corrected chi connectivity index (χ3v) is 1.57. The number of carbonyl (C=O) groups excluding carboxylic acids is 2. The largest absolute Gasteiger partial charge is 0.581 e. The van der Waals surface area contributed by atoms with E-state index in [0.29, 0.717) is 5.01 Å². The average Bonchev–Trinajstić information content (AvgIpc) is 2.16. The molecule has 13 heavy (non-hydrogen) atoms. The lowest BCUT2D eigenvalue weighted by Crippen LogP contribution is -2.19. The van der Waals surface area contributed by atoms with Crippen molar-refractivity contribution in [3.05, 3.63) is 41.2 Å². The SMILES string of the molecule is [3H]C(=O)c1ccccc1C(=O)N(C)[NH-]. The van der Waals surface area contributed by atoms with Crippen molar-refractivity contribution in [1.29, 1.82) is 0 Å². The number of nitrogens with zero attached hydrogens (tertiary/aromatic N) is 1. The second kappa shape index (κ2) is 3.82. The smallest absolute Gasteiger partial charge is 0.237 e. The van der Waals surface area contributed by atoms with E-state index in [2.05, 4.69) is 0 Å². The summed E-state index contributed by atoms with van der Waals surface area (Å²) < 4.78 is 6.92. The van der Waals surface area contributed by atoms with Crippen LogP contribution in [0.15, 0.2) is 24.3 Å². The van der Waals surface area contributed by atoms with Crippen molar-refractivity contribution >= 4 is 12.2 Å². The highest BCUT2D eigenvalue weighted by atomic mass is 16.2. The van der Waals surface area contributed by atoms with Gasteiger partial charge in [0.15, 0.2) is 6.26 Å². The molecule has 0 bridgehead atoms. The van der Waals surface area contributed by atoms with Gasteiger partial charge in [-0.25, -0.2) is 0 Å². The molecule has 0 saturated carbocycles. The van der Waals surface area contributed by atoms with Crippen molar-refractivity contribution in [2.24, 2.45) is 0 Å². The van der Waals surface area contributed by atoms with Crippen LogP contribution in [0.4, 0.5) is 0 Å². The third-order valence-electron chi connectivity index (χ3n) is 1.57. The zero-order chi connectivity index (χ0) is 10.7. The van der Waals surface area contributed by atoms with Crippen LogP contribution in [0.1, 0.15) is 22.1 Å². The Morgan fingerprint density at radius 3 is 2.77 bits per heavy atom. The van der Waals surface area contributed by atoms with Crippen LogP contribution in [-0.2, 0) is 0 Å². The second-order valence-corrected chi connectivity index (χ2v) is 2.51. The summed E-state index contributed by atoms with van der Waals surface area (Å²) in [5.74, 6) is 6.47. The normalized spacial score (nSPS) is 10.5. The molecule has 0 fully saturated rings. The minimum Gasteiger partial charge on any atom is -0.581 e. The Balaban J connectivity index is 3.20. The molecule has 0 aliphatic carbocycles. The molecule has 1 rings (SSSR count). The zero-order valence-corrected chi connectivity index (χ0v) is 7.07. The number of amides is 1. The summed E-state index contributed by atoms with van der Waals surface area (Å²) >= 11 is 0. The van der Waals surface area contributed by atoms with Gasteiger partial charge in [0.2, 0.25) is 5.91 Å². The maximum Gasteiger partial charge on any atom is 0.237 e. The first-order valence-electron chi connectivity index (χ1n) is 4.13. The molecule has 0 aliphatic rings. The molecule has 0 saturated heterocycles. The Labute approximate surface area is 77.3 Å². The standard InChI is InChI=1S/C9H9N2O2/c1-11(10)9(13)8-5-3-2-4-7(8)6-12/h2-6,10H,1H3/q-1/i6T. The number of nitrogens with one attached hydrogen (secondary N) is 1. The van der Waals surface area contributed by atoms with Crippen LogP contribution < -0.4 is 0 Å². The van der Waals surface area contributed by atoms with E-state index in [1.807, 2.05) is 0 Å². The van der Waals surface area contributed by atoms with Gasteiger partial charge in [-0.15, -0.1) is 0 Å². The van der Waals surface area contributed by atoms with Gasteiger partial charge in [-0.3, -0.25) is 9.59 Å². The van der Waals surface area contributed by atoms with E-state index < -0.39 is 12.2 Å². The van der Waals surface area contributed by atoms with E-state index in [0.717, 1.165) is 0 Å². The lowest BCUT2D eigenvalue weighted by Gasteiger charge is -2.20. The third kappa shape index (κ3) is 1.91. The van der Waals surface area contributed by atoms with Gasteiger partial charge >= 0.3 is 0 Å². The molecule has 0 spiro atoms. The van der Waals surface area contributed by atoms with Gasteiger partial charge in [0.1, 0.15) is 1.37 Å². The summed E-state index contributed by atoms with van der Waals surface area (Å²) in [5.41, 5.74) is 0.113. The molecule has 4 nitrogen and oxygen atoms in total. The maximum absolute atomic E-state index is 11.4. The molecule has 1 amide bonds. The topological polar surface area (TPSA) is 61.2 Å². The molecule has 0 aliphatic heterocycles. The molecular weight excluding hydrogens is 168 g/mol. The van der Waals surface area contributed by atoms with Gasteiger partial charge in [-0.1, -0.05) is 18.2 Å². The van der Waals surface area contributed by atoms with Crippen LogP contribution in [0.3, 0.4) is 0 Å². The monoisotopic (exact) mass is 179 g/mol. The average molecular weight is 179 g/mol. The molecule has 4 heteroatoms. The first-order chi connectivity index (χ1) is 6.54. The summed E-state index contributed by atoms with van der Waals surface area (Å²) in [6.45, 7) is 0. The Hall–Kier alpha value is -1.68.